The lowest BCUT2D eigenvalue weighted by molar-refractivity contribution is -0.129. The molecule has 0 aliphatic rings. The Hall–Kier alpha value is -2.82. The number of benzene rings is 2. The number of rotatable bonds is 6. The van der Waals surface area contributed by atoms with Gasteiger partial charge in [0.05, 0.1) is 24.0 Å². The SMILES string of the molecule is Cc1cc(C)c2nc(CC(=O)N(C)CCOc3ccccc3C)[nH]c2c1. The van der Waals surface area contributed by atoms with Crippen molar-refractivity contribution in [1.82, 2.24) is 14.9 Å². The van der Waals surface area contributed by atoms with E-state index in [-0.39, 0.29) is 12.3 Å². The molecule has 3 rings (SSSR count). The average molecular weight is 351 g/mol. The number of hydrogen-bond donors (Lipinski definition) is 1. The molecule has 0 radical (unpaired) electrons. The number of nitrogens with one attached hydrogen (secondary N) is 1. The summed E-state index contributed by atoms with van der Waals surface area (Å²) < 4.78 is 5.77. The highest BCUT2D eigenvalue weighted by Gasteiger charge is 2.14. The summed E-state index contributed by atoms with van der Waals surface area (Å²) in [6.45, 7) is 7.10. The average Bonchev–Trinajstić information content (AvgIpc) is 2.99. The van der Waals surface area contributed by atoms with Gasteiger partial charge in [0.15, 0.2) is 0 Å². The van der Waals surface area contributed by atoms with Gasteiger partial charge in [0.2, 0.25) is 5.91 Å². The summed E-state index contributed by atoms with van der Waals surface area (Å²) in [6.07, 6.45) is 0.258. The van der Waals surface area contributed by atoms with E-state index >= 15 is 0 Å². The first-order valence-electron chi connectivity index (χ1n) is 8.82. The minimum Gasteiger partial charge on any atom is -0.491 e. The van der Waals surface area contributed by atoms with Crippen LogP contribution in [0.15, 0.2) is 36.4 Å². The molecule has 5 nitrogen and oxygen atoms in total. The Kier molecular flexibility index (Phi) is 5.26. The van der Waals surface area contributed by atoms with Crippen molar-refractivity contribution in [3.05, 3.63) is 58.9 Å². The number of H-pyrrole nitrogens is 1. The predicted molar refractivity (Wildman–Crippen MR) is 104 cm³/mol. The second-order valence-electron chi connectivity index (χ2n) is 6.77. The Morgan fingerprint density at radius 3 is 2.69 bits per heavy atom. The second-order valence-corrected chi connectivity index (χ2v) is 6.77. The van der Waals surface area contributed by atoms with Crippen LogP contribution in [0.5, 0.6) is 5.75 Å². The number of amides is 1. The maximum atomic E-state index is 12.5. The predicted octanol–water partition coefficient (Wildman–Crippen LogP) is 3.57. The van der Waals surface area contributed by atoms with Crippen LogP contribution in [0.25, 0.3) is 11.0 Å². The maximum absolute atomic E-state index is 12.5. The molecule has 26 heavy (non-hydrogen) atoms. The van der Waals surface area contributed by atoms with E-state index in [2.05, 4.69) is 29.0 Å². The first kappa shape index (κ1) is 18.0. The zero-order chi connectivity index (χ0) is 18.7. The molecule has 1 N–H and O–H groups in total. The van der Waals surface area contributed by atoms with Gasteiger partial charge in [0.1, 0.15) is 18.2 Å². The van der Waals surface area contributed by atoms with Gasteiger partial charge in [0.25, 0.3) is 0 Å². The van der Waals surface area contributed by atoms with Gasteiger partial charge >= 0.3 is 0 Å². The van der Waals surface area contributed by atoms with Crippen molar-refractivity contribution in [2.45, 2.75) is 27.2 Å². The van der Waals surface area contributed by atoms with Gasteiger partial charge in [-0.05, 0) is 49.6 Å². The Morgan fingerprint density at radius 1 is 1.15 bits per heavy atom. The van der Waals surface area contributed by atoms with Crippen LogP contribution in [0.2, 0.25) is 0 Å². The number of nitrogens with zero attached hydrogens (tertiary/aromatic N) is 2. The van der Waals surface area contributed by atoms with E-state index in [1.54, 1.807) is 11.9 Å². The van der Waals surface area contributed by atoms with E-state index in [9.17, 15) is 4.79 Å². The smallest absolute Gasteiger partial charge is 0.230 e. The third-order valence-corrected chi connectivity index (χ3v) is 4.49. The molecule has 0 atom stereocenters. The van der Waals surface area contributed by atoms with E-state index < -0.39 is 0 Å². The standard InChI is InChI=1S/C21H25N3O2/c1-14-11-16(3)21-17(12-14)22-19(23-21)13-20(25)24(4)9-10-26-18-8-6-5-7-15(18)2/h5-8,11-12H,9-10,13H2,1-4H3,(H,22,23). The zero-order valence-corrected chi connectivity index (χ0v) is 15.8. The van der Waals surface area contributed by atoms with Crippen molar-refractivity contribution in [3.8, 4) is 5.75 Å². The van der Waals surface area contributed by atoms with Crippen LogP contribution in [0, 0.1) is 20.8 Å². The number of aryl methyl sites for hydroxylation is 3. The number of ether oxygens (including phenoxy) is 1. The van der Waals surface area contributed by atoms with Gasteiger partial charge in [-0.2, -0.15) is 0 Å². The van der Waals surface area contributed by atoms with Crippen LogP contribution in [-0.2, 0) is 11.2 Å². The number of aromatic amines is 1. The molecule has 2 aromatic carbocycles. The number of imidazole rings is 1. The highest BCUT2D eigenvalue weighted by atomic mass is 16.5. The maximum Gasteiger partial charge on any atom is 0.230 e. The monoisotopic (exact) mass is 351 g/mol. The Morgan fingerprint density at radius 2 is 1.92 bits per heavy atom. The summed E-state index contributed by atoms with van der Waals surface area (Å²) in [5.41, 5.74) is 5.31. The number of carbonyl (C=O) groups excluding carboxylic acids is 1. The molecule has 0 unspecified atom stereocenters. The number of carbonyl (C=O) groups is 1. The summed E-state index contributed by atoms with van der Waals surface area (Å²) >= 11 is 0. The van der Waals surface area contributed by atoms with Gasteiger partial charge in [-0.3, -0.25) is 4.79 Å². The quantitative estimate of drug-likeness (QED) is 0.739. The van der Waals surface area contributed by atoms with Crippen molar-refractivity contribution < 1.29 is 9.53 Å². The number of hydrogen-bond acceptors (Lipinski definition) is 3. The van der Waals surface area contributed by atoms with E-state index in [4.69, 9.17) is 4.74 Å². The summed E-state index contributed by atoms with van der Waals surface area (Å²) in [4.78, 5) is 22.0. The van der Waals surface area contributed by atoms with Crippen LogP contribution >= 0.6 is 0 Å². The number of aromatic nitrogens is 2. The summed E-state index contributed by atoms with van der Waals surface area (Å²) in [5, 5.41) is 0. The van der Waals surface area contributed by atoms with Crippen LogP contribution < -0.4 is 4.74 Å². The van der Waals surface area contributed by atoms with E-state index in [1.807, 2.05) is 38.1 Å². The Labute approximate surface area is 154 Å². The molecule has 1 heterocycles. The van der Waals surface area contributed by atoms with Crippen LogP contribution in [0.1, 0.15) is 22.5 Å². The Bertz CT molecular complexity index is 930. The topological polar surface area (TPSA) is 58.2 Å². The molecule has 0 aliphatic carbocycles. The largest absolute Gasteiger partial charge is 0.491 e. The summed E-state index contributed by atoms with van der Waals surface area (Å²) in [6, 6.07) is 12.0. The van der Waals surface area contributed by atoms with E-state index in [1.165, 1.54) is 5.56 Å². The van der Waals surface area contributed by atoms with Crippen molar-refractivity contribution in [3.63, 3.8) is 0 Å². The lowest BCUT2D eigenvalue weighted by Gasteiger charge is -2.17. The van der Waals surface area contributed by atoms with Gasteiger partial charge in [-0.15, -0.1) is 0 Å². The molecular formula is C21H25N3O2. The molecule has 1 amide bonds. The highest BCUT2D eigenvalue weighted by molar-refractivity contribution is 5.82. The van der Waals surface area contributed by atoms with Crippen molar-refractivity contribution in [2.24, 2.45) is 0 Å². The lowest BCUT2D eigenvalue weighted by atomic mass is 10.1. The van der Waals surface area contributed by atoms with E-state index in [0.717, 1.165) is 27.9 Å². The number of para-hydroxylation sites is 1. The van der Waals surface area contributed by atoms with Gasteiger partial charge in [-0.25, -0.2) is 4.98 Å². The van der Waals surface area contributed by atoms with Crippen molar-refractivity contribution >= 4 is 16.9 Å². The second kappa shape index (κ2) is 7.60. The van der Waals surface area contributed by atoms with Crippen LogP contribution in [-0.4, -0.2) is 41.0 Å². The normalized spacial score (nSPS) is 10.9. The summed E-state index contributed by atoms with van der Waals surface area (Å²) in [5.74, 6) is 1.58. The van der Waals surface area contributed by atoms with E-state index in [0.29, 0.717) is 19.0 Å². The van der Waals surface area contributed by atoms with Gasteiger partial charge in [0, 0.05) is 7.05 Å². The molecule has 0 aliphatic heterocycles. The first-order valence-corrected chi connectivity index (χ1v) is 8.82. The molecule has 0 bridgehead atoms. The Balaban J connectivity index is 1.57. The third-order valence-electron chi connectivity index (χ3n) is 4.49. The summed E-state index contributed by atoms with van der Waals surface area (Å²) in [7, 11) is 1.79. The molecular weight excluding hydrogens is 326 g/mol. The number of fused-ring (bicyclic) bond motifs is 1. The van der Waals surface area contributed by atoms with Gasteiger partial charge < -0.3 is 14.6 Å². The minimum absolute atomic E-state index is 0.0202. The molecule has 0 saturated heterocycles. The minimum atomic E-state index is 0.0202. The zero-order valence-electron chi connectivity index (χ0n) is 15.8. The molecule has 5 heteroatoms. The highest BCUT2D eigenvalue weighted by Crippen LogP contribution is 2.19. The fraction of sp³-hybridized carbons (Fsp3) is 0.333. The molecule has 0 fully saturated rings. The van der Waals surface area contributed by atoms with Crippen molar-refractivity contribution in [1.29, 1.82) is 0 Å². The molecule has 0 saturated carbocycles. The third kappa shape index (κ3) is 4.04. The van der Waals surface area contributed by atoms with Crippen LogP contribution in [0.4, 0.5) is 0 Å². The molecule has 3 aromatic rings. The fourth-order valence-electron chi connectivity index (χ4n) is 3.02. The van der Waals surface area contributed by atoms with Crippen LogP contribution in [0.3, 0.4) is 0 Å². The molecule has 136 valence electrons. The fourth-order valence-corrected chi connectivity index (χ4v) is 3.02. The molecule has 0 spiro atoms. The van der Waals surface area contributed by atoms with Gasteiger partial charge in [-0.1, -0.05) is 24.3 Å². The first-order chi connectivity index (χ1) is 12.4. The number of likely N-dealkylation sites (N-methyl/N-ethyl adjacent to an activating group) is 1. The lowest BCUT2D eigenvalue weighted by Crippen LogP contribution is -2.32. The van der Waals surface area contributed by atoms with Crippen molar-refractivity contribution in [2.75, 3.05) is 20.2 Å². The molecule has 1 aromatic heterocycles.